The number of aromatic nitrogens is 4. The van der Waals surface area contributed by atoms with E-state index in [1.165, 1.54) is 11.3 Å². The number of hydrogen-bond donors (Lipinski definition) is 1. The summed E-state index contributed by atoms with van der Waals surface area (Å²) in [7, 11) is 0. The molecule has 0 saturated carbocycles. The van der Waals surface area contributed by atoms with E-state index < -0.39 is 0 Å². The van der Waals surface area contributed by atoms with Crippen molar-refractivity contribution in [1.82, 2.24) is 25.1 Å². The Morgan fingerprint density at radius 1 is 1.32 bits per heavy atom. The summed E-state index contributed by atoms with van der Waals surface area (Å²) >= 11 is 1.32. The molecule has 22 heavy (non-hydrogen) atoms. The summed E-state index contributed by atoms with van der Waals surface area (Å²) < 4.78 is 0. The molecule has 0 unspecified atom stereocenters. The maximum atomic E-state index is 11.9. The summed E-state index contributed by atoms with van der Waals surface area (Å²) in [6.45, 7) is 5.68. The molecule has 1 fully saturated rings. The molecule has 3 heterocycles. The van der Waals surface area contributed by atoms with Gasteiger partial charge in [0.1, 0.15) is 17.7 Å². The second-order valence-electron chi connectivity index (χ2n) is 5.07. The van der Waals surface area contributed by atoms with Gasteiger partial charge >= 0.3 is 0 Å². The second kappa shape index (κ2) is 6.75. The monoisotopic (exact) mass is 319 g/mol. The summed E-state index contributed by atoms with van der Waals surface area (Å²) in [6.07, 6.45) is 1.59. The number of carbonyl (C=O) groups is 1. The van der Waals surface area contributed by atoms with Crippen LogP contribution in [-0.4, -0.2) is 63.7 Å². The van der Waals surface area contributed by atoms with Crippen LogP contribution in [0, 0.1) is 6.92 Å². The first-order valence-corrected chi connectivity index (χ1v) is 7.90. The first-order valence-electron chi connectivity index (χ1n) is 7.03. The van der Waals surface area contributed by atoms with Crippen LogP contribution in [0.3, 0.4) is 0 Å². The molecule has 1 N–H and O–H groups in total. The van der Waals surface area contributed by atoms with E-state index in [1.54, 1.807) is 11.8 Å². The van der Waals surface area contributed by atoms with Crippen LogP contribution in [0.5, 0.6) is 0 Å². The Kier molecular flexibility index (Phi) is 4.54. The normalized spacial score (nSPS) is 15.8. The Morgan fingerprint density at radius 3 is 2.82 bits per heavy atom. The van der Waals surface area contributed by atoms with E-state index in [9.17, 15) is 4.79 Å². The predicted molar refractivity (Wildman–Crippen MR) is 84.0 cm³/mol. The Morgan fingerprint density at radius 2 is 2.14 bits per heavy atom. The largest absolute Gasteiger partial charge is 0.354 e. The van der Waals surface area contributed by atoms with Gasteiger partial charge in [0.05, 0.1) is 6.54 Å². The number of nitrogens with one attached hydrogen (secondary N) is 1. The average molecular weight is 319 g/mol. The first-order chi connectivity index (χ1) is 10.7. The third-order valence-corrected chi connectivity index (χ3v) is 4.07. The van der Waals surface area contributed by atoms with Crippen molar-refractivity contribution in [3.05, 3.63) is 23.6 Å². The summed E-state index contributed by atoms with van der Waals surface area (Å²) in [5.41, 5.74) is 2.56. The molecule has 2 aromatic heterocycles. The van der Waals surface area contributed by atoms with Crippen molar-refractivity contribution in [3.8, 4) is 0 Å². The van der Waals surface area contributed by atoms with Gasteiger partial charge in [-0.25, -0.2) is 9.97 Å². The molecule has 0 bridgehead atoms. The zero-order valence-electron chi connectivity index (χ0n) is 12.3. The fraction of sp³-hybridized carbons (Fsp3) is 0.462. The molecule has 1 aliphatic heterocycles. The van der Waals surface area contributed by atoms with Crippen LogP contribution in [0.4, 0.5) is 10.9 Å². The van der Waals surface area contributed by atoms with Crippen molar-refractivity contribution in [2.24, 2.45) is 0 Å². The number of piperazine rings is 1. The van der Waals surface area contributed by atoms with Gasteiger partial charge in [-0.1, -0.05) is 11.3 Å². The van der Waals surface area contributed by atoms with Crippen LogP contribution < -0.4 is 10.2 Å². The molecule has 8 nitrogen and oxygen atoms in total. The number of hydrogen-bond acceptors (Lipinski definition) is 8. The van der Waals surface area contributed by atoms with E-state index in [-0.39, 0.29) is 5.91 Å². The topological polar surface area (TPSA) is 87.1 Å². The minimum Gasteiger partial charge on any atom is -0.354 e. The highest BCUT2D eigenvalue weighted by Crippen LogP contribution is 2.14. The lowest BCUT2D eigenvalue weighted by Gasteiger charge is -2.34. The highest BCUT2D eigenvalue weighted by atomic mass is 32.1. The van der Waals surface area contributed by atoms with E-state index in [0.29, 0.717) is 11.7 Å². The molecule has 0 spiro atoms. The maximum Gasteiger partial charge on any atom is 0.240 e. The molecule has 3 rings (SSSR count). The molecule has 2 aromatic rings. The maximum absolute atomic E-state index is 11.9. The van der Waals surface area contributed by atoms with Gasteiger partial charge < -0.3 is 4.90 Å². The molecular formula is C13H17N7OS. The first kappa shape index (κ1) is 14.8. The fourth-order valence-corrected chi connectivity index (χ4v) is 2.80. The van der Waals surface area contributed by atoms with Crippen molar-refractivity contribution in [1.29, 1.82) is 0 Å². The molecular weight excluding hydrogens is 302 g/mol. The van der Waals surface area contributed by atoms with Gasteiger partial charge in [0, 0.05) is 37.9 Å². The smallest absolute Gasteiger partial charge is 0.240 e. The molecule has 116 valence electrons. The quantitative estimate of drug-likeness (QED) is 0.872. The summed E-state index contributed by atoms with van der Waals surface area (Å²) in [6, 6.07) is 1.98. The molecule has 1 saturated heterocycles. The number of aryl methyl sites for hydroxylation is 1. The number of anilines is 2. The highest BCUT2D eigenvalue weighted by Gasteiger charge is 2.20. The van der Waals surface area contributed by atoms with Crippen LogP contribution in [0.25, 0.3) is 0 Å². The molecule has 1 amide bonds. The molecule has 0 aromatic carbocycles. The van der Waals surface area contributed by atoms with Crippen LogP contribution in [0.2, 0.25) is 0 Å². The zero-order chi connectivity index (χ0) is 15.4. The number of carbonyl (C=O) groups excluding carboxylic acids is 1. The van der Waals surface area contributed by atoms with Crippen LogP contribution in [0.15, 0.2) is 17.9 Å². The van der Waals surface area contributed by atoms with Gasteiger partial charge in [-0.3, -0.25) is 15.0 Å². The van der Waals surface area contributed by atoms with Crippen LogP contribution >= 0.6 is 11.3 Å². The lowest BCUT2D eigenvalue weighted by atomic mass is 10.3. The number of nitrogens with zero attached hydrogens (tertiary/aromatic N) is 6. The van der Waals surface area contributed by atoms with E-state index in [4.69, 9.17) is 0 Å². The van der Waals surface area contributed by atoms with E-state index in [2.05, 4.69) is 35.3 Å². The minimum absolute atomic E-state index is 0.0527. The van der Waals surface area contributed by atoms with Gasteiger partial charge in [0.15, 0.2) is 0 Å². The average Bonchev–Trinajstić information content (AvgIpc) is 3.01. The third-order valence-electron chi connectivity index (χ3n) is 3.46. The van der Waals surface area contributed by atoms with Crippen LogP contribution in [-0.2, 0) is 4.79 Å². The number of amides is 1. The zero-order valence-corrected chi connectivity index (χ0v) is 13.1. The standard InChI is InChI=1S/C13H17N7OS/c1-10-6-11(15-8-14-10)20-4-2-19(3-5-20)7-12(21)17-13-18-16-9-22-13/h6,8-9H,2-5,7H2,1H3,(H,17,18,21). The van der Waals surface area contributed by atoms with Crippen molar-refractivity contribution in [2.75, 3.05) is 42.9 Å². The summed E-state index contributed by atoms with van der Waals surface area (Å²) in [5.74, 6) is 0.897. The Bertz CT molecular complexity index is 625. The Hall–Kier alpha value is -2.13. The van der Waals surface area contributed by atoms with E-state index in [1.807, 2.05) is 13.0 Å². The molecule has 0 radical (unpaired) electrons. The van der Waals surface area contributed by atoms with E-state index in [0.717, 1.165) is 37.7 Å². The molecule has 0 atom stereocenters. The Balaban J connectivity index is 1.48. The van der Waals surface area contributed by atoms with Gasteiger partial charge in [0.2, 0.25) is 11.0 Å². The van der Waals surface area contributed by atoms with Gasteiger partial charge in [-0.05, 0) is 6.92 Å². The van der Waals surface area contributed by atoms with Crippen molar-refractivity contribution in [2.45, 2.75) is 6.92 Å². The molecule has 0 aliphatic carbocycles. The fourth-order valence-electron chi connectivity index (χ4n) is 2.34. The second-order valence-corrected chi connectivity index (χ2v) is 5.91. The van der Waals surface area contributed by atoms with Crippen LogP contribution in [0.1, 0.15) is 5.69 Å². The van der Waals surface area contributed by atoms with Gasteiger partial charge in [-0.2, -0.15) is 0 Å². The van der Waals surface area contributed by atoms with Gasteiger partial charge in [-0.15, -0.1) is 10.2 Å². The predicted octanol–water partition coefficient (Wildman–Crippen LogP) is 0.397. The molecule has 9 heteroatoms. The summed E-state index contributed by atoms with van der Waals surface area (Å²) in [4.78, 5) is 24.7. The lowest BCUT2D eigenvalue weighted by molar-refractivity contribution is -0.117. The van der Waals surface area contributed by atoms with Crippen molar-refractivity contribution < 1.29 is 4.79 Å². The minimum atomic E-state index is -0.0527. The number of rotatable bonds is 4. The Labute approximate surface area is 132 Å². The van der Waals surface area contributed by atoms with Gasteiger partial charge in [0.25, 0.3) is 0 Å². The van der Waals surface area contributed by atoms with E-state index >= 15 is 0 Å². The SMILES string of the molecule is Cc1cc(N2CCN(CC(=O)Nc3nncs3)CC2)ncn1. The lowest BCUT2D eigenvalue weighted by Crippen LogP contribution is -2.49. The molecule has 1 aliphatic rings. The summed E-state index contributed by atoms with van der Waals surface area (Å²) in [5, 5.41) is 10.8. The van der Waals surface area contributed by atoms with Crippen molar-refractivity contribution in [3.63, 3.8) is 0 Å². The van der Waals surface area contributed by atoms with Crippen molar-refractivity contribution >= 4 is 28.2 Å². The highest BCUT2D eigenvalue weighted by molar-refractivity contribution is 7.13. The third kappa shape index (κ3) is 3.74.